The first kappa shape index (κ1) is 58.7. The summed E-state index contributed by atoms with van der Waals surface area (Å²) >= 11 is 0. The van der Waals surface area contributed by atoms with Gasteiger partial charge >= 0.3 is 7.40 Å². The van der Waals surface area contributed by atoms with Gasteiger partial charge in [0.25, 0.3) is 0 Å². The summed E-state index contributed by atoms with van der Waals surface area (Å²) in [5.41, 5.74) is 23.5. The Labute approximate surface area is 542 Å². The second-order valence-electron chi connectivity index (χ2n) is 26.9. The van der Waals surface area contributed by atoms with Crippen LogP contribution in [-0.2, 0) is 10.8 Å². The molecule has 0 saturated heterocycles. The van der Waals surface area contributed by atoms with E-state index in [9.17, 15) is 0 Å². The first-order valence-corrected chi connectivity index (χ1v) is 32.1. The second kappa shape index (κ2) is 22.9. The van der Waals surface area contributed by atoms with Gasteiger partial charge in [0, 0.05) is 71.8 Å². The fraction of sp³-hybridized carbons (Fsp3) is 0.128. The SMILES string of the molecule is Cc1cc(C)c(/C(=C2/N=C(c3ccc(C(C)(C)C)cc3)C(c3ccc(-c4cccc5c4oc4ccccc45)cc3)=C2c2ccccc2)c2c(-c3ccccc3)c(-c3ccc(-c4cccc5c4oc4ccccc45)cc3)c(-c3ccc(C(C)(C)C)cc3)n2B(F)F)c(C)c1. The Morgan fingerprint density at radius 1 is 0.398 bits per heavy atom. The fourth-order valence-corrected chi connectivity index (χ4v) is 14.3. The molecule has 0 spiro atoms. The van der Waals surface area contributed by atoms with E-state index in [1.165, 1.54) is 10.0 Å². The Morgan fingerprint density at radius 2 is 0.806 bits per heavy atom. The van der Waals surface area contributed by atoms with Crippen LogP contribution in [0.3, 0.4) is 0 Å². The number of aromatic nitrogens is 1. The van der Waals surface area contributed by atoms with Crippen molar-refractivity contribution in [3.63, 3.8) is 0 Å². The van der Waals surface area contributed by atoms with Crippen LogP contribution in [-0.4, -0.2) is 17.6 Å². The molecule has 93 heavy (non-hydrogen) atoms. The Kier molecular flexibility index (Phi) is 14.5. The van der Waals surface area contributed by atoms with Gasteiger partial charge in [0.15, 0.2) is 0 Å². The van der Waals surface area contributed by atoms with Gasteiger partial charge < -0.3 is 13.3 Å². The molecule has 0 fully saturated rings. The van der Waals surface area contributed by atoms with Crippen molar-refractivity contribution in [1.29, 1.82) is 0 Å². The van der Waals surface area contributed by atoms with Crippen molar-refractivity contribution in [1.82, 2.24) is 4.48 Å². The molecular formula is C86H69BF2N2O2. The van der Waals surface area contributed by atoms with Crippen molar-refractivity contribution >= 4 is 73.7 Å². The molecule has 11 aromatic carbocycles. The topological polar surface area (TPSA) is 43.6 Å². The molecule has 452 valence electrons. The highest BCUT2D eigenvalue weighted by Crippen LogP contribution is 2.54. The summed E-state index contributed by atoms with van der Waals surface area (Å²) in [4.78, 5) is 6.05. The van der Waals surface area contributed by atoms with Gasteiger partial charge in [-0.2, -0.15) is 0 Å². The first-order valence-electron chi connectivity index (χ1n) is 32.1. The zero-order chi connectivity index (χ0) is 64.0. The molecule has 3 aromatic heterocycles. The molecule has 0 N–H and O–H groups in total. The predicted octanol–water partition coefficient (Wildman–Crippen LogP) is 23.8. The lowest BCUT2D eigenvalue weighted by molar-refractivity contribution is 0.590. The zero-order valence-electron chi connectivity index (χ0n) is 53.8. The van der Waals surface area contributed by atoms with E-state index in [-0.39, 0.29) is 10.8 Å². The molecule has 15 rings (SSSR count). The molecule has 0 amide bonds. The summed E-state index contributed by atoms with van der Waals surface area (Å²) in [5, 5.41) is 4.20. The highest BCUT2D eigenvalue weighted by molar-refractivity contribution is 6.44. The van der Waals surface area contributed by atoms with Crippen LogP contribution in [0.1, 0.15) is 97.3 Å². The van der Waals surface area contributed by atoms with E-state index in [1.54, 1.807) is 0 Å². The Balaban J connectivity index is 1.07. The molecule has 1 aliphatic rings. The van der Waals surface area contributed by atoms with Crippen LogP contribution in [0.4, 0.5) is 8.63 Å². The molecule has 0 aliphatic carbocycles. The number of hydrogen-bond donors (Lipinski definition) is 0. The highest BCUT2D eigenvalue weighted by atomic mass is 19.2. The van der Waals surface area contributed by atoms with Crippen molar-refractivity contribution in [3.05, 3.63) is 316 Å². The van der Waals surface area contributed by atoms with Crippen molar-refractivity contribution < 1.29 is 17.5 Å². The number of allylic oxidation sites excluding steroid dienone is 2. The van der Waals surface area contributed by atoms with E-state index in [2.05, 4.69) is 244 Å². The molecule has 0 radical (unpaired) electrons. The Morgan fingerprint density at radius 3 is 1.30 bits per heavy atom. The molecule has 1 aliphatic heterocycles. The van der Waals surface area contributed by atoms with E-state index in [1.807, 2.05) is 72.8 Å². The molecule has 0 unspecified atom stereocenters. The smallest absolute Gasteiger partial charge is 0.455 e. The van der Waals surface area contributed by atoms with Crippen molar-refractivity contribution in [2.24, 2.45) is 4.99 Å². The normalized spacial score (nSPS) is 13.5. The quantitative estimate of drug-likeness (QED) is 0.121. The van der Waals surface area contributed by atoms with Crippen LogP contribution in [0, 0.1) is 20.8 Å². The van der Waals surface area contributed by atoms with Gasteiger partial charge in [0.1, 0.15) is 22.3 Å². The van der Waals surface area contributed by atoms with Crippen molar-refractivity contribution in [3.8, 4) is 55.8 Å². The average molecular weight is 1210 g/mol. The molecule has 7 heteroatoms. The average Bonchev–Trinajstić information content (AvgIpc) is 1.56. The number of rotatable bonds is 11. The third-order valence-electron chi connectivity index (χ3n) is 18.7. The number of para-hydroxylation sites is 4. The summed E-state index contributed by atoms with van der Waals surface area (Å²) in [7, 11) is -3.04. The lowest BCUT2D eigenvalue weighted by Crippen LogP contribution is -2.19. The van der Waals surface area contributed by atoms with E-state index in [0.29, 0.717) is 39.3 Å². The molecule has 4 heterocycles. The lowest BCUT2D eigenvalue weighted by atomic mass is 9.82. The number of aliphatic imine (C=N–C) groups is 1. The molecule has 0 saturated carbocycles. The number of hydrogen-bond acceptors (Lipinski definition) is 3. The number of nitrogens with zero attached hydrogens (tertiary/aromatic N) is 2. The van der Waals surface area contributed by atoms with E-state index in [0.717, 1.165) is 139 Å². The van der Waals surface area contributed by atoms with Gasteiger partial charge in [-0.3, -0.25) is 8.63 Å². The summed E-state index contributed by atoms with van der Waals surface area (Å²) in [6.45, 7) is 19.5. The molecular weight excluding hydrogens is 1140 g/mol. The van der Waals surface area contributed by atoms with E-state index in [4.69, 9.17) is 13.8 Å². The number of fused-ring (bicyclic) bond motifs is 6. The predicted molar refractivity (Wildman–Crippen MR) is 386 cm³/mol. The minimum absolute atomic E-state index is 0.124. The standard InChI is InChI=1S/C86H69BF2N2O2/c1-52-50-53(2)73(54(3)51-52)78(80-75(57-22-12-10-13-23-57)74(79(90-80)61-42-46-63(47-43-61)85(4,5)6)59-38-34-55(35-39-59)65-28-20-30-69-67-26-16-18-32-71(67)92-83(65)69)82-77(58-24-14-11-15-25-58)76(81(91(82)87(88)89)62-44-48-64(49-45-62)86(7,8)9)60-40-36-56(37-41-60)66-29-21-31-70-68-27-17-19-33-72(68)93-84(66)70/h10-51H,1-9H3/b80-78-. The Hall–Kier alpha value is -10.6. The van der Waals surface area contributed by atoms with Crippen LogP contribution in [0.5, 0.6) is 0 Å². The van der Waals surface area contributed by atoms with Gasteiger partial charge in [-0.25, -0.2) is 4.99 Å². The maximum atomic E-state index is 18.1. The highest BCUT2D eigenvalue weighted by Gasteiger charge is 2.40. The second-order valence-corrected chi connectivity index (χ2v) is 26.9. The monoisotopic (exact) mass is 1210 g/mol. The number of halogens is 2. The maximum Gasteiger partial charge on any atom is 0.678 e. The van der Waals surface area contributed by atoms with E-state index < -0.39 is 7.40 Å². The lowest BCUT2D eigenvalue weighted by Gasteiger charge is -2.23. The van der Waals surface area contributed by atoms with Crippen molar-refractivity contribution in [2.75, 3.05) is 0 Å². The minimum atomic E-state index is -3.04. The molecule has 0 bridgehead atoms. The summed E-state index contributed by atoms with van der Waals surface area (Å²) in [6, 6.07) is 87.9. The maximum absolute atomic E-state index is 18.1. The van der Waals surface area contributed by atoms with Gasteiger partial charge in [-0.1, -0.05) is 290 Å². The number of benzene rings is 11. The summed E-state index contributed by atoms with van der Waals surface area (Å²) in [6.07, 6.45) is 0. The third kappa shape index (κ3) is 10.3. The van der Waals surface area contributed by atoms with Crippen molar-refractivity contribution in [2.45, 2.75) is 73.1 Å². The zero-order valence-corrected chi connectivity index (χ0v) is 53.8. The minimum Gasteiger partial charge on any atom is -0.455 e. The Bertz CT molecular complexity index is 5320. The van der Waals surface area contributed by atoms with Crippen LogP contribution < -0.4 is 0 Å². The third-order valence-corrected chi connectivity index (χ3v) is 18.7. The first-order chi connectivity index (χ1) is 45.0. The fourth-order valence-electron chi connectivity index (χ4n) is 14.3. The number of aryl methyl sites for hydroxylation is 3. The summed E-state index contributed by atoms with van der Waals surface area (Å²) < 4.78 is 50.7. The van der Waals surface area contributed by atoms with Crippen LogP contribution in [0.2, 0.25) is 0 Å². The largest absolute Gasteiger partial charge is 0.678 e. The number of furan rings is 2. The van der Waals surface area contributed by atoms with Crippen LogP contribution in [0.15, 0.2) is 274 Å². The van der Waals surface area contributed by atoms with Gasteiger partial charge in [-0.05, 0) is 110 Å². The van der Waals surface area contributed by atoms with Gasteiger partial charge in [-0.15, -0.1) is 0 Å². The van der Waals surface area contributed by atoms with Gasteiger partial charge in [0.05, 0.1) is 17.1 Å². The van der Waals surface area contributed by atoms with Crippen LogP contribution >= 0.6 is 0 Å². The molecule has 14 aromatic rings. The summed E-state index contributed by atoms with van der Waals surface area (Å²) in [5.74, 6) is 0. The van der Waals surface area contributed by atoms with Gasteiger partial charge in [0.2, 0.25) is 0 Å². The van der Waals surface area contributed by atoms with E-state index >= 15 is 8.63 Å². The molecule has 0 atom stereocenters. The van der Waals surface area contributed by atoms with Crippen LogP contribution in [0.25, 0.3) is 116 Å². The molecule has 4 nitrogen and oxygen atoms in total.